The normalized spacial score (nSPS) is 40.2. The summed E-state index contributed by atoms with van der Waals surface area (Å²) in [5.74, 6) is 0.682. The molecular formula is C40H60N2O6. The van der Waals surface area contributed by atoms with Crippen LogP contribution in [0.15, 0.2) is 23.0 Å². The minimum Gasteiger partial charge on any atom is -0.511 e. The quantitative estimate of drug-likeness (QED) is 0.293. The Labute approximate surface area is 288 Å². The Morgan fingerprint density at radius 3 is 2.33 bits per heavy atom. The first kappa shape index (κ1) is 36.5. The van der Waals surface area contributed by atoms with Crippen molar-refractivity contribution in [1.29, 1.82) is 5.26 Å². The van der Waals surface area contributed by atoms with Gasteiger partial charge in [0.15, 0.2) is 5.78 Å². The fraction of sp³-hybridized carbons (Fsp3) is 0.800. The molecule has 48 heavy (non-hydrogen) atoms. The predicted octanol–water partition coefficient (Wildman–Crippen LogP) is 8.57. The summed E-state index contributed by atoms with van der Waals surface area (Å²) in [6.45, 7) is 23.5. The van der Waals surface area contributed by atoms with E-state index in [2.05, 4.69) is 54.5 Å². The summed E-state index contributed by atoms with van der Waals surface area (Å²) in [6, 6.07) is 2.31. The summed E-state index contributed by atoms with van der Waals surface area (Å²) in [4.78, 5) is 42.1. The lowest BCUT2D eigenvalue weighted by atomic mass is 9.33. The van der Waals surface area contributed by atoms with E-state index >= 15 is 0 Å². The first-order valence-corrected chi connectivity index (χ1v) is 18.3. The van der Waals surface area contributed by atoms with Crippen molar-refractivity contribution in [3.63, 3.8) is 0 Å². The standard InChI is InChI=1S/C40H60N2O6/c1-24-12-15-40(23-42(18-19-47-26(3)43)34(46)48-35(4,5)6)17-16-39(11)32(31(40)25(24)2)28(44)20-30-37(9)21-27(22-41)33(45)36(7,8)29(37)13-14-38(30,39)10/h20,24-25,29,31-32,45H,12-19,21,23H2,1-11H3/t24-,25+,29+,31+,32-,37+,38-,39-,40-/m1/s1. The summed E-state index contributed by atoms with van der Waals surface area (Å²) in [5.41, 5.74) is -0.890. The van der Waals surface area contributed by atoms with Gasteiger partial charge in [-0.15, -0.1) is 0 Å². The molecule has 1 N–H and O–H groups in total. The van der Waals surface area contributed by atoms with Crippen molar-refractivity contribution in [2.24, 2.45) is 56.7 Å². The molecule has 0 saturated heterocycles. The summed E-state index contributed by atoms with van der Waals surface area (Å²) >= 11 is 0. The second-order valence-electron chi connectivity index (χ2n) is 18.5. The molecule has 0 aliphatic heterocycles. The number of amides is 1. The van der Waals surface area contributed by atoms with Crippen LogP contribution in [-0.2, 0) is 19.1 Å². The van der Waals surface area contributed by atoms with Crippen molar-refractivity contribution >= 4 is 17.8 Å². The highest BCUT2D eigenvalue weighted by atomic mass is 16.6. The average molecular weight is 665 g/mol. The van der Waals surface area contributed by atoms with E-state index in [1.54, 1.807) is 4.90 Å². The number of nitrogens with zero attached hydrogens (tertiary/aromatic N) is 2. The van der Waals surface area contributed by atoms with Crippen LogP contribution >= 0.6 is 0 Å². The van der Waals surface area contributed by atoms with Crippen molar-refractivity contribution in [1.82, 2.24) is 4.90 Å². The molecule has 0 unspecified atom stereocenters. The van der Waals surface area contributed by atoms with Crippen LogP contribution in [0, 0.1) is 68.0 Å². The Bertz CT molecular complexity index is 1460. The Morgan fingerprint density at radius 1 is 1.06 bits per heavy atom. The minimum absolute atomic E-state index is 0.0627. The molecular weight excluding hydrogens is 604 g/mol. The number of hydrogen-bond acceptors (Lipinski definition) is 7. The van der Waals surface area contributed by atoms with Crippen LogP contribution in [-0.4, -0.2) is 53.1 Å². The highest BCUT2D eigenvalue weighted by Gasteiger charge is 2.70. The lowest BCUT2D eigenvalue weighted by Gasteiger charge is -2.70. The first-order valence-electron chi connectivity index (χ1n) is 18.3. The summed E-state index contributed by atoms with van der Waals surface area (Å²) in [5, 5.41) is 21.3. The smallest absolute Gasteiger partial charge is 0.410 e. The molecule has 0 aromatic carbocycles. The van der Waals surface area contributed by atoms with E-state index in [0.29, 0.717) is 24.5 Å². The van der Waals surface area contributed by atoms with E-state index in [1.807, 2.05) is 26.8 Å². The zero-order valence-electron chi connectivity index (χ0n) is 31.4. The van der Waals surface area contributed by atoms with Crippen molar-refractivity contribution in [3.8, 4) is 6.07 Å². The first-order chi connectivity index (χ1) is 22.1. The summed E-state index contributed by atoms with van der Waals surface area (Å²) in [6.07, 6.45) is 7.57. The summed E-state index contributed by atoms with van der Waals surface area (Å²) in [7, 11) is 0. The van der Waals surface area contributed by atoms with E-state index in [9.17, 15) is 24.8 Å². The molecule has 0 bridgehead atoms. The van der Waals surface area contributed by atoms with Gasteiger partial charge in [0.1, 0.15) is 18.0 Å². The molecule has 0 heterocycles. The second-order valence-corrected chi connectivity index (χ2v) is 18.5. The number of ether oxygens (including phenoxy) is 2. The van der Waals surface area contributed by atoms with Crippen LogP contribution in [0.2, 0.25) is 0 Å². The van der Waals surface area contributed by atoms with Crippen LogP contribution in [0.5, 0.6) is 0 Å². The van der Waals surface area contributed by atoms with Gasteiger partial charge in [-0.1, -0.05) is 54.0 Å². The third-order valence-electron chi connectivity index (χ3n) is 14.5. The van der Waals surface area contributed by atoms with Crippen LogP contribution in [0.3, 0.4) is 0 Å². The van der Waals surface area contributed by atoms with E-state index in [0.717, 1.165) is 38.5 Å². The zero-order valence-corrected chi connectivity index (χ0v) is 31.4. The number of nitriles is 1. The van der Waals surface area contributed by atoms with Gasteiger partial charge in [-0.05, 0) is 117 Å². The van der Waals surface area contributed by atoms with Crippen LogP contribution in [0.4, 0.5) is 4.79 Å². The number of rotatable bonds is 5. The van der Waals surface area contributed by atoms with Crippen LogP contribution < -0.4 is 0 Å². The van der Waals surface area contributed by atoms with Gasteiger partial charge < -0.3 is 19.5 Å². The second kappa shape index (κ2) is 11.9. The van der Waals surface area contributed by atoms with Crippen molar-refractivity contribution in [3.05, 3.63) is 23.0 Å². The molecule has 8 heteroatoms. The molecule has 0 spiro atoms. The fourth-order valence-corrected chi connectivity index (χ4v) is 11.8. The molecule has 1 amide bonds. The van der Waals surface area contributed by atoms with Gasteiger partial charge in [0.05, 0.1) is 18.2 Å². The van der Waals surface area contributed by atoms with Gasteiger partial charge in [0.2, 0.25) is 0 Å². The van der Waals surface area contributed by atoms with E-state index in [4.69, 9.17) is 9.47 Å². The maximum absolute atomic E-state index is 15.0. The van der Waals surface area contributed by atoms with Crippen molar-refractivity contribution in [2.75, 3.05) is 19.7 Å². The van der Waals surface area contributed by atoms with Gasteiger partial charge in [0.25, 0.3) is 0 Å². The number of ketones is 1. The van der Waals surface area contributed by atoms with E-state index < -0.39 is 22.5 Å². The molecule has 0 aromatic rings. The molecule has 9 atom stereocenters. The molecule has 3 saturated carbocycles. The van der Waals surface area contributed by atoms with Gasteiger partial charge in [-0.3, -0.25) is 9.59 Å². The Hall–Kier alpha value is -2.82. The highest BCUT2D eigenvalue weighted by molar-refractivity contribution is 5.95. The van der Waals surface area contributed by atoms with Crippen molar-refractivity contribution in [2.45, 2.75) is 127 Å². The maximum Gasteiger partial charge on any atom is 0.410 e. The fourth-order valence-electron chi connectivity index (χ4n) is 11.8. The molecule has 5 aliphatic rings. The number of aliphatic hydroxyl groups excluding tert-OH is 1. The Balaban J connectivity index is 1.59. The predicted molar refractivity (Wildman–Crippen MR) is 184 cm³/mol. The Kier molecular flexibility index (Phi) is 9.04. The number of esters is 1. The van der Waals surface area contributed by atoms with E-state index in [-0.39, 0.29) is 70.6 Å². The lowest BCUT2D eigenvalue weighted by molar-refractivity contribution is -0.181. The monoisotopic (exact) mass is 664 g/mol. The SMILES string of the molecule is CC(=O)OCCN(C[C@]12CC[C@@H](C)[C@H](C)[C@H]1[C@H]1C(=O)C=C3[C@@]4(C)CC(C#N)=C(O)C(C)(C)[C@@H]4CC[C@@]3(C)[C@]1(C)CC2)C(=O)OC(C)(C)C. The number of hydrogen-bond donors (Lipinski definition) is 1. The minimum atomic E-state index is -0.678. The molecule has 0 radical (unpaired) electrons. The van der Waals surface area contributed by atoms with Gasteiger partial charge in [0, 0.05) is 24.8 Å². The van der Waals surface area contributed by atoms with E-state index in [1.165, 1.54) is 12.5 Å². The topological polar surface area (TPSA) is 117 Å². The third kappa shape index (κ3) is 5.50. The highest BCUT2D eigenvalue weighted by Crippen LogP contribution is 2.75. The van der Waals surface area contributed by atoms with Gasteiger partial charge in [-0.2, -0.15) is 5.26 Å². The van der Waals surface area contributed by atoms with Crippen molar-refractivity contribution < 1.29 is 29.0 Å². The van der Waals surface area contributed by atoms with Crippen LogP contribution in [0.1, 0.15) is 121 Å². The largest absolute Gasteiger partial charge is 0.511 e. The zero-order chi connectivity index (χ0) is 35.8. The molecule has 5 rings (SSSR count). The molecule has 8 nitrogen and oxygen atoms in total. The molecule has 3 fully saturated rings. The lowest BCUT2D eigenvalue weighted by Crippen LogP contribution is -2.66. The molecule has 0 aromatic heterocycles. The number of fused-ring (bicyclic) bond motifs is 7. The third-order valence-corrected chi connectivity index (χ3v) is 14.5. The number of aliphatic hydroxyl groups is 1. The average Bonchev–Trinajstić information content (AvgIpc) is 2.97. The number of allylic oxidation sites excluding steroid dienone is 4. The maximum atomic E-state index is 15.0. The van der Waals surface area contributed by atoms with Gasteiger partial charge in [-0.25, -0.2) is 4.79 Å². The number of carbonyl (C=O) groups is 3. The Morgan fingerprint density at radius 2 is 1.73 bits per heavy atom. The van der Waals surface area contributed by atoms with Gasteiger partial charge >= 0.3 is 12.1 Å². The summed E-state index contributed by atoms with van der Waals surface area (Å²) < 4.78 is 11.2. The molecule has 5 aliphatic carbocycles. The molecule has 266 valence electrons. The number of carbonyl (C=O) groups excluding carboxylic acids is 3. The van der Waals surface area contributed by atoms with Crippen LogP contribution in [0.25, 0.3) is 0 Å².